The van der Waals surface area contributed by atoms with Gasteiger partial charge in [-0.25, -0.2) is 13.4 Å². The van der Waals surface area contributed by atoms with Gasteiger partial charge in [-0.3, -0.25) is 14.7 Å². The standard InChI is InChI=1S/C30H33N2O10PS2/c1-5-39-43(34,40-6-2)26-11-7-23(8-12-26)42-28-20-31-30(44-28)32-29(33)21-17-24(38-16-15-37-3)19-25(18-21)41-22-9-13-27(14-10-22)45(4,35)36/h7-14,17-20H,5-6,15-16H2,1-4H3,(H,31,32,33). The number of hydrogen-bond donors (Lipinski definition) is 1. The number of methoxy groups -OCH3 is 1. The van der Waals surface area contributed by atoms with Crippen molar-refractivity contribution in [2.45, 2.75) is 18.7 Å². The Hall–Kier alpha value is -3.78. The summed E-state index contributed by atoms with van der Waals surface area (Å²) in [6, 6.07) is 17.1. The summed E-state index contributed by atoms with van der Waals surface area (Å²) < 4.78 is 69.8. The molecule has 4 rings (SSSR count). The summed E-state index contributed by atoms with van der Waals surface area (Å²) in [5, 5.41) is 3.86. The number of ether oxygens (including phenoxy) is 4. The summed E-state index contributed by atoms with van der Waals surface area (Å²) in [7, 11) is -5.23. The van der Waals surface area contributed by atoms with Gasteiger partial charge in [-0.2, -0.15) is 0 Å². The molecule has 1 heterocycles. The van der Waals surface area contributed by atoms with Gasteiger partial charge >= 0.3 is 7.60 Å². The van der Waals surface area contributed by atoms with Gasteiger partial charge in [-0.05, 0) is 74.5 Å². The number of carbonyl (C=O) groups is 1. The van der Waals surface area contributed by atoms with Crippen LogP contribution in [-0.4, -0.2) is 59.1 Å². The number of aromatic nitrogens is 1. The van der Waals surface area contributed by atoms with Crippen LogP contribution in [0.1, 0.15) is 24.2 Å². The maximum absolute atomic E-state index is 13.2. The van der Waals surface area contributed by atoms with Gasteiger partial charge in [0, 0.05) is 25.0 Å². The van der Waals surface area contributed by atoms with Gasteiger partial charge < -0.3 is 28.0 Å². The first-order valence-electron chi connectivity index (χ1n) is 13.7. The molecule has 0 saturated heterocycles. The molecule has 0 atom stereocenters. The molecule has 0 unspecified atom stereocenters. The van der Waals surface area contributed by atoms with Gasteiger partial charge in [0.15, 0.2) is 15.0 Å². The fourth-order valence-corrected chi connectivity index (χ4v) is 6.73. The summed E-state index contributed by atoms with van der Waals surface area (Å²) in [6.07, 6.45) is 2.59. The van der Waals surface area contributed by atoms with Crippen LogP contribution < -0.4 is 24.8 Å². The minimum Gasteiger partial charge on any atom is -0.491 e. The number of thiazole rings is 1. The molecule has 1 aromatic heterocycles. The molecule has 1 amide bonds. The van der Waals surface area contributed by atoms with Gasteiger partial charge in [-0.1, -0.05) is 11.3 Å². The third-order valence-corrected chi connectivity index (χ3v) is 9.91. The van der Waals surface area contributed by atoms with Crippen molar-refractivity contribution in [2.75, 3.05) is 45.1 Å². The topological polar surface area (TPSA) is 149 Å². The molecule has 0 aliphatic heterocycles. The maximum Gasteiger partial charge on any atom is 0.361 e. The summed E-state index contributed by atoms with van der Waals surface area (Å²) in [5.74, 6) is 1.03. The first kappa shape index (κ1) is 34.1. The monoisotopic (exact) mass is 676 g/mol. The Bertz CT molecular complexity index is 1730. The molecule has 0 aliphatic carbocycles. The van der Waals surface area contributed by atoms with E-state index >= 15 is 0 Å². The van der Waals surface area contributed by atoms with Gasteiger partial charge in [0.05, 0.1) is 36.2 Å². The van der Waals surface area contributed by atoms with E-state index in [1.165, 1.54) is 36.5 Å². The van der Waals surface area contributed by atoms with Crippen LogP contribution in [0.3, 0.4) is 0 Å². The van der Waals surface area contributed by atoms with Crippen LogP contribution in [0.5, 0.6) is 28.1 Å². The maximum atomic E-state index is 13.2. The zero-order valence-electron chi connectivity index (χ0n) is 25.1. The van der Waals surface area contributed by atoms with E-state index in [9.17, 15) is 17.8 Å². The fourth-order valence-electron chi connectivity index (χ4n) is 3.85. The van der Waals surface area contributed by atoms with Crippen LogP contribution in [0.4, 0.5) is 5.13 Å². The Morgan fingerprint density at radius 1 is 0.867 bits per heavy atom. The van der Waals surface area contributed by atoms with Crippen LogP contribution in [0, 0.1) is 0 Å². The van der Waals surface area contributed by atoms with Crippen LogP contribution in [0.25, 0.3) is 0 Å². The van der Waals surface area contributed by atoms with Crippen molar-refractivity contribution < 1.29 is 45.8 Å². The van der Waals surface area contributed by atoms with Crippen molar-refractivity contribution in [1.29, 1.82) is 0 Å². The highest BCUT2D eigenvalue weighted by Gasteiger charge is 2.26. The lowest BCUT2D eigenvalue weighted by molar-refractivity contribution is 0.102. The highest BCUT2D eigenvalue weighted by molar-refractivity contribution is 7.90. The van der Waals surface area contributed by atoms with E-state index in [0.29, 0.717) is 40.0 Å². The highest BCUT2D eigenvalue weighted by atomic mass is 32.2. The van der Waals surface area contributed by atoms with Crippen LogP contribution in [-0.2, 0) is 28.2 Å². The van der Waals surface area contributed by atoms with E-state index in [4.69, 9.17) is 28.0 Å². The molecule has 4 aromatic rings. The first-order valence-corrected chi connectivity index (χ1v) is 18.0. The number of carbonyl (C=O) groups excluding carboxylic acids is 1. The minimum atomic E-state index is -3.42. The SMILES string of the molecule is CCOP(=O)(OCC)c1ccc(Oc2cnc(NC(=O)c3cc(OCCOC)cc(Oc4ccc(S(C)(=O)=O)cc4)c3)s2)cc1. The second-order valence-corrected chi connectivity index (χ2v) is 14.3. The van der Waals surface area contributed by atoms with Crippen molar-refractivity contribution >= 4 is 45.1 Å². The molecule has 0 bridgehead atoms. The number of rotatable bonds is 16. The summed E-state index contributed by atoms with van der Waals surface area (Å²) in [5.41, 5.74) is 0.231. The lowest BCUT2D eigenvalue weighted by Crippen LogP contribution is -2.12. The van der Waals surface area contributed by atoms with E-state index in [1.54, 1.807) is 57.4 Å². The normalized spacial score (nSPS) is 11.6. The van der Waals surface area contributed by atoms with Crippen molar-refractivity contribution in [3.63, 3.8) is 0 Å². The fraction of sp³-hybridized carbons (Fsp3) is 0.267. The largest absolute Gasteiger partial charge is 0.491 e. The minimum absolute atomic E-state index is 0.157. The summed E-state index contributed by atoms with van der Waals surface area (Å²) >= 11 is 1.11. The third kappa shape index (κ3) is 9.60. The molecule has 0 fully saturated rings. The zero-order chi connectivity index (χ0) is 32.5. The summed E-state index contributed by atoms with van der Waals surface area (Å²) in [4.78, 5) is 17.6. The number of nitrogens with one attached hydrogen (secondary N) is 1. The molecule has 0 spiro atoms. The Labute approximate surface area is 265 Å². The Morgan fingerprint density at radius 2 is 1.49 bits per heavy atom. The lowest BCUT2D eigenvalue weighted by atomic mass is 10.2. The zero-order valence-corrected chi connectivity index (χ0v) is 27.6. The number of nitrogens with zero attached hydrogens (tertiary/aromatic N) is 1. The van der Waals surface area contributed by atoms with Gasteiger partial charge in [-0.15, -0.1) is 0 Å². The number of hydrogen-bond acceptors (Lipinski definition) is 12. The average Bonchev–Trinajstić information content (AvgIpc) is 3.44. The van der Waals surface area contributed by atoms with Crippen molar-refractivity contribution in [3.05, 3.63) is 78.5 Å². The van der Waals surface area contributed by atoms with E-state index in [2.05, 4.69) is 10.3 Å². The quantitative estimate of drug-likeness (QED) is 0.105. The van der Waals surface area contributed by atoms with Gasteiger partial charge in [0.25, 0.3) is 5.91 Å². The molecule has 15 heteroatoms. The molecular weight excluding hydrogens is 643 g/mol. The van der Waals surface area contributed by atoms with Crippen LogP contribution in [0.15, 0.2) is 77.8 Å². The number of benzene rings is 3. The Morgan fingerprint density at radius 3 is 2.11 bits per heavy atom. The molecule has 0 aliphatic rings. The second kappa shape index (κ2) is 15.5. The Kier molecular flexibility index (Phi) is 11.7. The second-order valence-electron chi connectivity index (χ2n) is 9.25. The predicted molar refractivity (Wildman–Crippen MR) is 171 cm³/mol. The molecular formula is C30H33N2O10PS2. The highest BCUT2D eigenvalue weighted by Crippen LogP contribution is 2.47. The van der Waals surface area contributed by atoms with E-state index in [1.807, 2.05) is 0 Å². The first-order chi connectivity index (χ1) is 21.5. The smallest absolute Gasteiger partial charge is 0.361 e. The van der Waals surface area contributed by atoms with Crippen molar-refractivity contribution in [1.82, 2.24) is 4.98 Å². The molecule has 12 nitrogen and oxygen atoms in total. The van der Waals surface area contributed by atoms with Crippen molar-refractivity contribution in [2.24, 2.45) is 0 Å². The number of amides is 1. The van der Waals surface area contributed by atoms with Crippen LogP contribution >= 0.6 is 18.9 Å². The lowest BCUT2D eigenvalue weighted by Gasteiger charge is -2.17. The van der Waals surface area contributed by atoms with E-state index in [0.717, 1.165) is 17.6 Å². The molecule has 1 N–H and O–H groups in total. The predicted octanol–water partition coefficient (Wildman–Crippen LogP) is 6.30. The molecule has 3 aromatic carbocycles. The Balaban J connectivity index is 1.47. The van der Waals surface area contributed by atoms with E-state index in [-0.39, 0.29) is 35.4 Å². The molecule has 240 valence electrons. The van der Waals surface area contributed by atoms with Gasteiger partial charge in [0.1, 0.15) is 29.6 Å². The van der Waals surface area contributed by atoms with E-state index < -0.39 is 23.3 Å². The average molecular weight is 677 g/mol. The molecule has 0 radical (unpaired) electrons. The van der Waals surface area contributed by atoms with Gasteiger partial charge in [0.2, 0.25) is 5.06 Å². The number of sulfone groups is 1. The summed E-state index contributed by atoms with van der Waals surface area (Å²) in [6.45, 7) is 4.55. The molecule has 0 saturated carbocycles. The third-order valence-electron chi connectivity index (χ3n) is 5.86. The van der Waals surface area contributed by atoms with Crippen LogP contribution in [0.2, 0.25) is 0 Å². The molecule has 45 heavy (non-hydrogen) atoms. The van der Waals surface area contributed by atoms with Crippen molar-refractivity contribution in [3.8, 4) is 28.1 Å². The number of anilines is 1.